The number of benzene rings is 2. The molecule has 2 aliphatic heterocycles. The Labute approximate surface area is 205 Å². The average molecular weight is 480 g/mol. The molecule has 7 heteroatoms. The van der Waals surface area contributed by atoms with Crippen molar-refractivity contribution in [3.05, 3.63) is 71.3 Å². The van der Waals surface area contributed by atoms with E-state index in [0.29, 0.717) is 5.56 Å². The fourth-order valence-electron chi connectivity index (χ4n) is 4.87. The molecule has 34 heavy (non-hydrogen) atoms. The van der Waals surface area contributed by atoms with E-state index in [1.807, 2.05) is 89.2 Å². The highest BCUT2D eigenvalue weighted by Crippen LogP contribution is 2.56. The molecule has 2 heterocycles. The van der Waals surface area contributed by atoms with Gasteiger partial charge in [0.05, 0.1) is 6.04 Å². The van der Waals surface area contributed by atoms with Crippen molar-refractivity contribution in [2.24, 2.45) is 5.92 Å². The summed E-state index contributed by atoms with van der Waals surface area (Å²) in [5.74, 6) is -0.684. The van der Waals surface area contributed by atoms with Crippen molar-refractivity contribution in [3.63, 3.8) is 0 Å². The minimum Gasteiger partial charge on any atom is -0.348 e. The van der Waals surface area contributed by atoms with E-state index in [1.165, 1.54) is 0 Å². The van der Waals surface area contributed by atoms with Crippen molar-refractivity contribution >= 4 is 29.5 Å². The molecule has 2 N–H and O–H groups in total. The highest BCUT2D eigenvalue weighted by atomic mass is 32.2. The van der Waals surface area contributed by atoms with Crippen molar-refractivity contribution in [2.45, 2.75) is 69.3 Å². The van der Waals surface area contributed by atoms with Gasteiger partial charge in [0.25, 0.3) is 5.91 Å². The lowest BCUT2D eigenvalue weighted by atomic mass is 9.95. The van der Waals surface area contributed by atoms with E-state index < -0.39 is 16.8 Å². The largest absolute Gasteiger partial charge is 0.348 e. The van der Waals surface area contributed by atoms with Crippen molar-refractivity contribution in [3.8, 4) is 0 Å². The number of carbonyl (C=O) groups is 3. The Kier molecular flexibility index (Phi) is 6.76. The maximum absolute atomic E-state index is 13.7. The predicted octanol–water partition coefficient (Wildman–Crippen LogP) is 4.44. The summed E-state index contributed by atoms with van der Waals surface area (Å²) in [6, 6.07) is 15.8. The molecular weight excluding hydrogens is 446 g/mol. The summed E-state index contributed by atoms with van der Waals surface area (Å²) in [6.45, 7) is 9.89. The first-order chi connectivity index (χ1) is 16.2. The molecule has 0 spiro atoms. The molecule has 1 fully saturated rings. The van der Waals surface area contributed by atoms with Gasteiger partial charge in [-0.05, 0) is 43.9 Å². The number of thioether (sulfide) groups is 1. The molecule has 180 valence electrons. The average Bonchev–Trinajstić information content (AvgIpc) is 3.26. The van der Waals surface area contributed by atoms with E-state index in [9.17, 15) is 14.4 Å². The first-order valence-corrected chi connectivity index (χ1v) is 12.8. The minimum atomic E-state index is -0.691. The zero-order valence-electron chi connectivity index (χ0n) is 20.4. The molecule has 5 atom stereocenters. The predicted molar refractivity (Wildman–Crippen MR) is 135 cm³/mol. The van der Waals surface area contributed by atoms with Gasteiger partial charge in [-0.25, -0.2) is 0 Å². The zero-order chi connectivity index (χ0) is 24.6. The number of nitrogens with one attached hydrogen (secondary N) is 2. The first kappa shape index (κ1) is 24.3. The highest BCUT2D eigenvalue weighted by Gasteiger charge is 2.57. The van der Waals surface area contributed by atoms with Crippen LogP contribution in [-0.4, -0.2) is 39.5 Å². The third kappa shape index (κ3) is 4.33. The van der Waals surface area contributed by atoms with Gasteiger partial charge in [0.15, 0.2) is 0 Å². The number of hydrogen-bond donors (Lipinski definition) is 2. The summed E-state index contributed by atoms with van der Waals surface area (Å²) in [6.07, 6.45) is 0.734. The van der Waals surface area contributed by atoms with Gasteiger partial charge in [0.1, 0.15) is 17.5 Å². The number of rotatable bonds is 7. The molecule has 0 aromatic heterocycles. The van der Waals surface area contributed by atoms with Crippen molar-refractivity contribution in [2.75, 3.05) is 0 Å². The van der Waals surface area contributed by atoms with E-state index in [0.717, 1.165) is 17.5 Å². The second-order valence-corrected chi connectivity index (χ2v) is 11.5. The Morgan fingerprint density at radius 1 is 1.03 bits per heavy atom. The molecule has 2 aromatic carbocycles. The van der Waals surface area contributed by atoms with E-state index >= 15 is 0 Å². The summed E-state index contributed by atoms with van der Waals surface area (Å²) < 4.78 is -0.494. The Morgan fingerprint density at radius 2 is 1.68 bits per heavy atom. The van der Waals surface area contributed by atoms with Gasteiger partial charge in [0, 0.05) is 10.3 Å². The van der Waals surface area contributed by atoms with Gasteiger partial charge in [-0.15, -0.1) is 11.8 Å². The fraction of sp³-hybridized carbons (Fsp3) is 0.444. The maximum atomic E-state index is 13.7. The molecule has 3 amide bonds. The zero-order valence-corrected chi connectivity index (χ0v) is 21.2. The quantitative estimate of drug-likeness (QED) is 0.615. The second-order valence-electron chi connectivity index (χ2n) is 9.79. The van der Waals surface area contributed by atoms with E-state index in [2.05, 4.69) is 10.6 Å². The second kappa shape index (κ2) is 9.45. The van der Waals surface area contributed by atoms with E-state index in [-0.39, 0.29) is 35.1 Å². The van der Waals surface area contributed by atoms with Crippen LogP contribution in [0.15, 0.2) is 54.6 Å². The van der Waals surface area contributed by atoms with Crippen LogP contribution >= 0.6 is 11.8 Å². The summed E-state index contributed by atoms with van der Waals surface area (Å²) in [7, 11) is 0. The van der Waals surface area contributed by atoms with Gasteiger partial charge >= 0.3 is 0 Å². The van der Waals surface area contributed by atoms with E-state index in [4.69, 9.17) is 0 Å². The maximum Gasteiger partial charge on any atom is 0.256 e. The van der Waals surface area contributed by atoms with Gasteiger partial charge < -0.3 is 15.5 Å². The summed E-state index contributed by atoms with van der Waals surface area (Å²) in [5.41, 5.74) is 2.61. The molecule has 0 saturated carbocycles. The SMILES string of the molecule is CC[C@H](C)[C@H](NC(=O)[C@H]1N2C(=O)c3ccccc3[C@@H]2SC1(C)C)C(=O)N[C@@H](C)c1ccccc1. The van der Waals surface area contributed by atoms with Crippen LogP contribution in [0.1, 0.15) is 73.9 Å². The third-order valence-corrected chi connectivity index (χ3v) is 8.53. The molecule has 1 saturated heterocycles. The number of carbonyl (C=O) groups excluding carboxylic acids is 3. The molecular formula is C27H33N3O3S. The lowest BCUT2D eigenvalue weighted by Gasteiger charge is -2.32. The summed E-state index contributed by atoms with van der Waals surface area (Å²) in [4.78, 5) is 41.9. The Bertz CT molecular complexity index is 1090. The molecule has 2 aliphatic rings. The van der Waals surface area contributed by atoms with Crippen LogP contribution in [0.2, 0.25) is 0 Å². The monoisotopic (exact) mass is 479 g/mol. The van der Waals surface area contributed by atoms with Crippen LogP contribution < -0.4 is 10.6 Å². The molecule has 0 unspecified atom stereocenters. The van der Waals surface area contributed by atoms with Crippen molar-refractivity contribution in [1.82, 2.24) is 15.5 Å². The normalized spacial score (nSPS) is 23.0. The molecule has 2 aromatic rings. The van der Waals surface area contributed by atoms with Gasteiger partial charge in [-0.1, -0.05) is 68.8 Å². The first-order valence-electron chi connectivity index (χ1n) is 11.9. The van der Waals surface area contributed by atoms with Crippen LogP contribution in [0.5, 0.6) is 0 Å². The number of fused-ring (bicyclic) bond motifs is 3. The minimum absolute atomic E-state index is 0.0636. The Balaban J connectivity index is 1.55. The van der Waals surface area contributed by atoms with E-state index in [1.54, 1.807) is 16.7 Å². The molecule has 0 aliphatic carbocycles. The molecule has 6 nitrogen and oxygen atoms in total. The standard InChI is InChI=1S/C27H33N3O3S/c1-6-16(2)21(23(31)28-17(3)18-12-8-7-9-13-18)29-24(32)22-27(4,5)34-26-20-15-11-10-14-19(20)25(33)30(22)26/h7-17,21-22,26H,6H2,1-5H3,(H,28,31)(H,29,32)/t16-,17-,21-,22+,26-/m0/s1. The summed E-state index contributed by atoms with van der Waals surface area (Å²) >= 11 is 1.62. The molecule has 0 bridgehead atoms. The third-order valence-electron chi connectivity index (χ3n) is 7.00. The van der Waals surface area contributed by atoms with Crippen molar-refractivity contribution in [1.29, 1.82) is 0 Å². The highest BCUT2D eigenvalue weighted by molar-refractivity contribution is 8.01. The van der Waals surface area contributed by atoms with Crippen LogP contribution in [0.3, 0.4) is 0 Å². The smallest absolute Gasteiger partial charge is 0.256 e. The van der Waals surface area contributed by atoms with Gasteiger partial charge in [0.2, 0.25) is 11.8 Å². The van der Waals surface area contributed by atoms with Crippen LogP contribution in [-0.2, 0) is 9.59 Å². The lowest BCUT2D eigenvalue weighted by molar-refractivity contribution is -0.133. The van der Waals surface area contributed by atoms with Gasteiger partial charge in [-0.3, -0.25) is 14.4 Å². The topological polar surface area (TPSA) is 78.5 Å². The summed E-state index contributed by atoms with van der Waals surface area (Å²) in [5, 5.41) is 5.89. The van der Waals surface area contributed by atoms with Crippen molar-refractivity contribution < 1.29 is 14.4 Å². The Hall–Kier alpha value is -2.80. The van der Waals surface area contributed by atoms with Crippen LogP contribution in [0, 0.1) is 5.92 Å². The van der Waals surface area contributed by atoms with Crippen LogP contribution in [0.4, 0.5) is 0 Å². The van der Waals surface area contributed by atoms with Gasteiger partial charge in [-0.2, -0.15) is 0 Å². The lowest BCUT2D eigenvalue weighted by Crippen LogP contribution is -2.58. The number of hydrogen-bond acceptors (Lipinski definition) is 4. The van der Waals surface area contributed by atoms with Crippen LogP contribution in [0.25, 0.3) is 0 Å². The number of amides is 3. The fourth-order valence-corrected chi connectivity index (χ4v) is 6.46. The molecule has 4 rings (SSSR count). The molecule has 0 radical (unpaired) electrons. The Morgan fingerprint density at radius 3 is 2.35 bits per heavy atom. The number of nitrogens with zero attached hydrogens (tertiary/aromatic N) is 1.